The first-order valence-electron chi connectivity index (χ1n) is 5.75. The molecule has 3 rings (SSSR count). The van der Waals surface area contributed by atoms with E-state index in [-0.39, 0.29) is 7.43 Å². The molecule has 2 aromatic rings. The number of anilines is 1. The number of rotatable bonds is 0. The van der Waals surface area contributed by atoms with E-state index in [0.29, 0.717) is 0 Å². The highest BCUT2D eigenvalue weighted by Crippen LogP contribution is 2.23. The van der Waals surface area contributed by atoms with Crippen molar-refractivity contribution >= 4 is 5.69 Å². The van der Waals surface area contributed by atoms with Crippen molar-refractivity contribution in [1.29, 1.82) is 0 Å². The van der Waals surface area contributed by atoms with Gasteiger partial charge in [0.2, 0.25) is 0 Å². The molecule has 0 aliphatic carbocycles. The standard InChI is InChI=1S/C16H13N.CH4/c1-17-12-15-8-3-2-6-13(15)10-11-14-7-4-5-9-16(14)17;/h2-9H,12H2,1H3;1H4. The second kappa shape index (κ2) is 4.98. The molecule has 90 valence electrons. The Kier molecular flexibility index (Phi) is 3.39. The van der Waals surface area contributed by atoms with E-state index in [0.717, 1.165) is 17.7 Å². The normalized spacial score (nSPS) is 11.9. The summed E-state index contributed by atoms with van der Waals surface area (Å²) in [4.78, 5) is 2.25. The fourth-order valence-electron chi connectivity index (χ4n) is 2.17. The van der Waals surface area contributed by atoms with Gasteiger partial charge in [-0.1, -0.05) is 49.6 Å². The van der Waals surface area contributed by atoms with E-state index in [2.05, 4.69) is 60.2 Å². The molecule has 1 heterocycles. The quantitative estimate of drug-likeness (QED) is 0.630. The summed E-state index contributed by atoms with van der Waals surface area (Å²) >= 11 is 0. The van der Waals surface area contributed by atoms with Gasteiger partial charge in [-0.2, -0.15) is 0 Å². The van der Waals surface area contributed by atoms with Gasteiger partial charge in [-0.3, -0.25) is 0 Å². The summed E-state index contributed by atoms with van der Waals surface area (Å²) in [6, 6.07) is 16.6. The minimum absolute atomic E-state index is 0. The van der Waals surface area contributed by atoms with Gasteiger partial charge >= 0.3 is 0 Å². The molecule has 1 nitrogen and oxygen atoms in total. The molecule has 1 aliphatic heterocycles. The van der Waals surface area contributed by atoms with E-state index in [1.165, 1.54) is 11.3 Å². The first-order chi connectivity index (χ1) is 8.34. The smallest absolute Gasteiger partial charge is 0.0525 e. The summed E-state index contributed by atoms with van der Waals surface area (Å²) < 4.78 is 0. The van der Waals surface area contributed by atoms with Crippen LogP contribution in [-0.2, 0) is 6.54 Å². The van der Waals surface area contributed by atoms with Gasteiger partial charge in [0.1, 0.15) is 0 Å². The largest absolute Gasteiger partial charge is 0.369 e. The van der Waals surface area contributed by atoms with E-state index in [4.69, 9.17) is 0 Å². The van der Waals surface area contributed by atoms with Crippen LogP contribution in [0.4, 0.5) is 5.69 Å². The van der Waals surface area contributed by atoms with Crippen LogP contribution in [0.2, 0.25) is 0 Å². The minimum atomic E-state index is 0. The summed E-state index contributed by atoms with van der Waals surface area (Å²) in [5.41, 5.74) is 4.73. The number of hydrogen-bond donors (Lipinski definition) is 0. The average molecular weight is 235 g/mol. The molecule has 0 unspecified atom stereocenters. The Bertz CT molecular complexity index is 617. The second-order valence-electron chi connectivity index (χ2n) is 4.28. The van der Waals surface area contributed by atoms with Gasteiger partial charge in [0.05, 0.1) is 5.69 Å². The van der Waals surface area contributed by atoms with Crippen LogP contribution in [0.25, 0.3) is 0 Å². The number of fused-ring (bicyclic) bond motifs is 2. The third kappa shape index (κ3) is 2.10. The predicted octanol–water partition coefficient (Wildman–Crippen LogP) is 3.67. The maximum atomic E-state index is 3.27. The van der Waals surface area contributed by atoms with Crippen molar-refractivity contribution in [1.82, 2.24) is 0 Å². The maximum Gasteiger partial charge on any atom is 0.0525 e. The topological polar surface area (TPSA) is 3.24 Å². The molecule has 1 heteroatoms. The van der Waals surface area contributed by atoms with Gasteiger partial charge < -0.3 is 4.90 Å². The van der Waals surface area contributed by atoms with Crippen molar-refractivity contribution < 1.29 is 0 Å². The highest BCUT2D eigenvalue weighted by Gasteiger charge is 2.10. The molecular weight excluding hydrogens is 218 g/mol. The predicted molar refractivity (Wildman–Crippen MR) is 77.7 cm³/mol. The Balaban J connectivity index is 0.00000120. The van der Waals surface area contributed by atoms with Crippen LogP contribution in [0.1, 0.15) is 24.1 Å². The van der Waals surface area contributed by atoms with Crippen LogP contribution in [0.5, 0.6) is 0 Å². The maximum absolute atomic E-state index is 3.27. The second-order valence-corrected chi connectivity index (χ2v) is 4.28. The zero-order valence-electron chi connectivity index (χ0n) is 9.77. The fourth-order valence-corrected chi connectivity index (χ4v) is 2.17. The molecule has 2 aromatic carbocycles. The number of para-hydroxylation sites is 1. The first-order valence-corrected chi connectivity index (χ1v) is 5.75. The lowest BCUT2D eigenvalue weighted by Crippen LogP contribution is -2.19. The van der Waals surface area contributed by atoms with Gasteiger partial charge in [0, 0.05) is 24.7 Å². The number of hydrogen-bond acceptors (Lipinski definition) is 1. The summed E-state index contributed by atoms with van der Waals surface area (Å²) in [6.07, 6.45) is 0. The molecule has 0 N–H and O–H groups in total. The molecule has 0 aromatic heterocycles. The third-order valence-corrected chi connectivity index (χ3v) is 3.07. The SMILES string of the molecule is C.CN1Cc2ccccc2C#Cc2ccccc21. The fraction of sp³-hybridized carbons (Fsp3) is 0.176. The van der Waals surface area contributed by atoms with Gasteiger partial charge in [-0.25, -0.2) is 0 Å². The molecule has 0 bridgehead atoms. The van der Waals surface area contributed by atoms with Crippen molar-refractivity contribution in [3.63, 3.8) is 0 Å². The molecule has 1 aliphatic rings. The van der Waals surface area contributed by atoms with Gasteiger partial charge in [-0.15, -0.1) is 0 Å². The average Bonchev–Trinajstić information content (AvgIpc) is 2.36. The number of benzene rings is 2. The third-order valence-electron chi connectivity index (χ3n) is 3.07. The van der Waals surface area contributed by atoms with Crippen molar-refractivity contribution in [2.24, 2.45) is 0 Å². The molecule has 0 saturated heterocycles. The van der Waals surface area contributed by atoms with E-state index < -0.39 is 0 Å². The van der Waals surface area contributed by atoms with Crippen molar-refractivity contribution in [3.05, 3.63) is 65.2 Å². The monoisotopic (exact) mass is 235 g/mol. The molecule has 0 radical (unpaired) electrons. The molecule has 0 amide bonds. The van der Waals surface area contributed by atoms with E-state index >= 15 is 0 Å². The zero-order valence-corrected chi connectivity index (χ0v) is 9.77. The highest BCUT2D eigenvalue weighted by molar-refractivity contribution is 5.63. The zero-order chi connectivity index (χ0) is 11.7. The molecule has 0 atom stereocenters. The summed E-state index contributed by atoms with van der Waals surface area (Å²) in [6.45, 7) is 0.905. The Morgan fingerprint density at radius 1 is 0.889 bits per heavy atom. The van der Waals surface area contributed by atoms with Gasteiger partial charge in [0.25, 0.3) is 0 Å². The van der Waals surface area contributed by atoms with E-state index in [1.807, 2.05) is 12.1 Å². The molecule has 0 saturated carbocycles. The van der Waals surface area contributed by atoms with Crippen LogP contribution in [-0.4, -0.2) is 7.05 Å². The van der Waals surface area contributed by atoms with Crippen LogP contribution in [0, 0.1) is 11.8 Å². The summed E-state index contributed by atoms with van der Waals surface area (Å²) in [7, 11) is 2.11. The lowest BCUT2D eigenvalue weighted by molar-refractivity contribution is 0.917. The van der Waals surface area contributed by atoms with E-state index in [1.54, 1.807) is 0 Å². The Hall–Kier alpha value is -2.20. The lowest BCUT2D eigenvalue weighted by atomic mass is 10.0. The molecule has 0 spiro atoms. The van der Waals surface area contributed by atoms with Crippen LogP contribution in [0.3, 0.4) is 0 Å². The van der Waals surface area contributed by atoms with Crippen LogP contribution >= 0.6 is 0 Å². The Morgan fingerprint density at radius 2 is 1.50 bits per heavy atom. The lowest BCUT2D eigenvalue weighted by Gasteiger charge is -2.22. The van der Waals surface area contributed by atoms with Crippen LogP contribution < -0.4 is 4.90 Å². The molecule has 0 fully saturated rings. The van der Waals surface area contributed by atoms with Gasteiger partial charge in [0.15, 0.2) is 0 Å². The highest BCUT2D eigenvalue weighted by atomic mass is 15.1. The summed E-state index contributed by atoms with van der Waals surface area (Å²) in [5.74, 6) is 6.53. The van der Waals surface area contributed by atoms with Crippen molar-refractivity contribution in [2.45, 2.75) is 14.0 Å². The van der Waals surface area contributed by atoms with Crippen molar-refractivity contribution in [2.75, 3.05) is 11.9 Å². The Labute approximate surface area is 109 Å². The van der Waals surface area contributed by atoms with Crippen molar-refractivity contribution in [3.8, 4) is 11.8 Å². The molecule has 18 heavy (non-hydrogen) atoms. The summed E-state index contributed by atoms with van der Waals surface area (Å²) in [5, 5.41) is 0. The Morgan fingerprint density at radius 3 is 2.33 bits per heavy atom. The first kappa shape index (κ1) is 12.3. The number of nitrogens with zero attached hydrogens (tertiary/aromatic N) is 1. The van der Waals surface area contributed by atoms with Crippen LogP contribution in [0.15, 0.2) is 48.5 Å². The van der Waals surface area contributed by atoms with Gasteiger partial charge in [-0.05, 0) is 23.8 Å². The van der Waals surface area contributed by atoms with E-state index in [9.17, 15) is 0 Å². The minimum Gasteiger partial charge on any atom is -0.369 e. The molecular formula is C17H17N.